The monoisotopic (exact) mass is 408 g/mol. The molecule has 2 heterocycles. The highest BCUT2D eigenvalue weighted by molar-refractivity contribution is 6.29. The van der Waals surface area contributed by atoms with E-state index < -0.39 is 0 Å². The molecule has 0 unspecified atom stereocenters. The molecule has 0 radical (unpaired) electrons. The maximum atomic E-state index is 12.5. The van der Waals surface area contributed by atoms with Gasteiger partial charge in [-0.1, -0.05) is 41.9 Å². The Hall–Kier alpha value is -2.47. The summed E-state index contributed by atoms with van der Waals surface area (Å²) in [6, 6.07) is 19.7. The van der Waals surface area contributed by atoms with Gasteiger partial charge in [0.1, 0.15) is 5.15 Å². The summed E-state index contributed by atoms with van der Waals surface area (Å²) in [6.07, 6.45) is 0. The fourth-order valence-electron chi connectivity index (χ4n) is 3.68. The average Bonchev–Trinajstić information content (AvgIpc) is 2.75. The second-order valence-corrected chi connectivity index (χ2v) is 7.79. The molecule has 150 valence electrons. The number of rotatable bonds is 6. The Morgan fingerprint density at radius 1 is 0.966 bits per heavy atom. The van der Waals surface area contributed by atoms with Crippen molar-refractivity contribution in [2.75, 3.05) is 39.3 Å². The summed E-state index contributed by atoms with van der Waals surface area (Å²) >= 11 is 5.91. The van der Waals surface area contributed by atoms with Crippen molar-refractivity contribution in [1.82, 2.24) is 20.1 Å². The van der Waals surface area contributed by atoms with Crippen molar-refractivity contribution >= 4 is 28.4 Å². The van der Waals surface area contributed by atoms with E-state index in [1.54, 1.807) is 12.1 Å². The van der Waals surface area contributed by atoms with Crippen LogP contribution in [0, 0.1) is 0 Å². The Morgan fingerprint density at radius 3 is 2.52 bits per heavy atom. The van der Waals surface area contributed by atoms with E-state index in [0.717, 1.165) is 50.2 Å². The smallest absolute Gasteiger partial charge is 0.251 e. The van der Waals surface area contributed by atoms with E-state index in [1.807, 2.05) is 18.2 Å². The normalized spacial score (nSPS) is 15.5. The number of halogens is 1. The van der Waals surface area contributed by atoms with Crippen molar-refractivity contribution in [2.45, 2.75) is 6.54 Å². The van der Waals surface area contributed by atoms with Crippen molar-refractivity contribution in [2.24, 2.45) is 0 Å². The number of benzene rings is 2. The molecule has 1 saturated heterocycles. The lowest BCUT2D eigenvalue weighted by Gasteiger charge is -2.34. The van der Waals surface area contributed by atoms with Gasteiger partial charge < -0.3 is 5.32 Å². The molecule has 0 bridgehead atoms. The Morgan fingerprint density at radius 2 is 1.72 bits per heavy atom. The van der Waals surface area contributed by atoms with Crippen LogP contribution in [0.5, 0.6) is 0 Å². The standard InChI is InChI=1S/C23H25ClN4O/c24-22-9-7-19-16-20(6-8-21(19)26-22)23(29)25-10-11-27-12-14-28(15-13-27)17-18-4-2-1-3-5-18/h1-9,16H,10-15,17H2,(H,25,29). The summed E-state index contributed by atoms with van der Waals surface area (Å²) < 4.78 is 0. The van der Waals surface area contributed by atoms with Crippen LogP contribution in [0.25, 0.3) is 10.9 Å². The third-order valence-electron chi connectivity index (χ3n) is 5.34. The third kappa shape index (κ3) is 5.32. The molecule has 4 rings (SSSR count). The minimum absolute atomic E-state index is 0.0513. The number of aromatic nitrogens is 1. The lowest BCUT2D eigenvalue weighted by molar-refractivity contribution is 0.0934. The number of piperazine rings is 1. The highest BCUT2D eigenvalue weighted by Crippen LogP contribution is 2.17. The van der Waals surface area contributed by atoms with Gasteiger partial charge >= 0.3 is 0 Å². The summed E-state index contributed by atoms with van der Waals surface area (Å²) in [5.41, 5.74) is 2.80. The number of fused-ring (bicyclic) bond motifs is 1. The molecule has 6 heteroatoms. The topological polar surface area (TPSA) is 48.5 Å². The molecule has 1 aliphatic rings. The second-order valence-electron chi connectivity index (χ2n) is 7.40. The molecule has 2 aromatic carbocycles. The summed E-state index contributed by atoms with van der Waals surface area (Å²) in [5, 5.41) is 4.40. The van der Waals surface area contributed by atoms with E-state index in [0.29, 0.717) is 17.3 Å². The fraction of sp³-hybridized carbons (Fsp3) is 0.304. The van der Waals surface area contributed by atoms with Crippen LogP contribution in [0.15, 0.2) is 60.7 Å². The lowest BCUT2D eigenvalue weighted by Crippen LogP contribution is -2.48. The number of carbonyl (C=O) groups is 1. The minimum Gasteiger partial charge on any atom is -0.351 e. The maximum Gasteiger partial charge on any atom is 0.251 e. The van der Waals surface area contributed by atoms with E-state index in [9.17, 15) is 4.79 Å². The van der Waals surface area contributed by atoms with Crippen LogP contribution in [0.3, 0.4) is 0 Å². The Balaban J connectivity index is 1.21. The molecule has 0 spiro atoms. The van der Waals surface area contributed by atoms with Gasteiger partial charge in [-0.15, -0.1) is 0 Å². The molecule has 29 heavy (non-hydrogen) atoms. The van der Waals surface area contributed by atoms with Gasteiger partial charge in [0.25, 0.3) is 5.91 Å². The molecule has 0 atom stereocenters. The molecule has 1 fully saturated rings. The molecular formula is C23H25ClN4O. The molecular weight excluding hydrogens is 384 g/mol. The largest absolute Gasteiger partial charge is 0.351 e. The van der Waals surface area contributed by atoms with Gasteiger partial charge in [0.15, 0.2) is 0 Å². The zero-order valence-electron chi connectivity index (χ0n) is 16.4. The number of carbonyl (C=O) groups excluding carboxylic acids is 1. The van der Waals surface area contributed by atoms with Crippen LogP contribution in [0.2, 0.25) is 5.15 Å². The molecule has 1 N–H and O–H groups in total. The van der Waals surface area contributed by atoms with E-state index in [4.69, 9.17) is 11.6 Å². The summed E-state index contributed by atoms with van der Waals surface area (Å²) in [5.74, 6) is -0.0513. The molecule has 0 aliphatic carbocycles. The van der Waals surface area contributed by atoms with Gasteiger partial charge in [-0.05, 0) is 35.9 Å². The minimum atomic E-state index is -0.0513. The molecule has 1 aromatic heterocycles. The van der Waals surface area contributed by atoms with Gasteiger partial charge in [0.05, 0.1) is 5.52 Å². The molecule has 1 amide bonds. The second kappa shape index (κ2) is 9.35. The van der Waals surface area contributed by atoms with Crippen molar-refractivity contribution in [3.8, 4) is 0 Å². The first-order valence-electron chi connectivity index (χ1n) is 10.0. The van der Waals surface area contributed by atoms with Gasteiger partial charge in [-0.3, -0.25) is 14.6 Å². The summed E-state index contributed by atoms with van der Waals surface area (Å²) in [6.45, 7) is 6.71. The van der Waals surface area contributed by atoms with E-state index in [1.165, 1.54) is 5.56 Å². The Labute approximate surface area is 176 Å². The van der Waals surface area contributed by atoms with Crippen LogP contribution >= 0.6 is 11.6 Å². The summed E-state index contributed by atoms with van der Waals surface area (Å²) in [4.78, 5) is 21.6. The van der Waals surface area contributed by atoms with E-state index in [-0.39, 0.29) is 5.91 Å². The quantitative estimate of drug-likeness (QED) is 0.635. The molecule has 0 saturated carbocycles. The number of pyridine rings is 1. The zero-order chi connectivity index (χ0) is 20.1. The first-order valence-corrected chi connectivity index (χ1v) is 10.4. The van der Waals surface area contributed by atoms with Crippen molar-refractivity contribution in [3.05, 3.63) is 76.9 Å². The van der Waals surface area contributed by atoms with Crippen LogP contribution in [0.4, 0.5) is 0 Å². The first kappa shape index (κ1) is 19.8. The number of hydrogen-bond donors (Lipinski definition) is 1. The van der Waals surface area contributed by atoms with Crippen molar-refractivity contribution in [3.63, 3.8) is 0 Å². The highest BCUT2D eigenvalue weighted by Gasteiger charge is 2.17. The van der Waals surface area contributed by atoms with Crippen LogP contribution < -0.4 is 5.32 Å². The van der Waals surface area contributed by atoms with Gasteiger partial charge in [0.2, 0.25) is 0 Å². The average molecular weight is 409 g/mol. The van der Waals surface area contributed by atoms with Crippen molar-refractivity contribution in [1.29, 1.82) is 0 Å². The van der Waals surface area contributed by atoms with E-state index in [2.05, 4.69) is 50.4 Å². The lowest BCUT2D eigenvalue weighted by atomic mass is 10.1. The Kier molecular flexibility index (Phi) is 6.39. The molecule has 3 aromatic rings. The molecule has 5 nitrogen and oxygen atoms in total. The Bertz CT molecular complexity index is 971. The van der Waals surface area contributed by atoms with Crippen LogP contribution in [-0.2, 0) is 6.54 Å². The third-order valence-corrected chi connectivity index (χ3v) is 5.56. The summed E-state index contributed by atoms with van der Waals surface area (Å²) in [7, 11) is 0. The van der Waals surface area contributed by atoms with Gasteiger partial charge in [-0.2, -0.15) is 0 Å². The number of hydrogen-bond acceptors (Lipinski definition) is 4. The van der Waals surface area contributed by atoms with E-state index >= 15 is 0 Å². The fourth-order valence-corrected chi connectivity index (χ4v) is 3.84. The van der Waals surface area contributed by atoms with Gasteiger partial charge in [0, 0.05) is 56.8 Å². The number of amides is 1. The zero-order valence-corrected chi connectivity index (χ0v) is 17.1. The van der Waals surface area contributed by atoms with Gasteiger partial charge in [-0.25, -0.2) is 4.98 Å². The maximum absolute atomic E-state index is 12.5. The van der Waals surface area contributed by atoms with Crippen molar-refractivity contribution < 1.29 is 4.79 Å². The molecule has 1 aliphatic heterocycles. The predicted molar refractivity (Wildman–Crippen MR) is 117 cm³/mol. The van der Waals surface area contributed by atoms with Crippen LogP contribution in [0.1, 0.15) is 15.9 Å². The first-order chi connectivity index (χ1) is 14.2. The SMILES string of the molecule is O=C(NCCN1CCN(Cc2ccccc2)CC1)c1ccc2nc(Cl)ccc2c1. The number of nitrogens with zero attached hydrogens (tertiary/aromatic N) is 3. The number of nitrogens with one attached hydrogen (secondary N) is 1. The van der Waals surface area contributed by atoms with Crippen LogP contribution in [-0.4, -0.2) is 60.0 Å². The predicted octanol–water partition coefficient (Wildman–Crippen LogP) is 3.44. The highest BCUT2D eigenvalue weighted by atomic mass is 35.5.